The third-order valence-corrected chi connectivity index (χ3v) is 3.39. The van der Waals surface area contributed by atoms with Crippen molar-refractivity contribution >= 4 is 23.5 Å². The van der Waals surface area contributed by atoms with Crippen molar-refractivity contribution < 1.29 is 19.1 Å². The van der Waals surface area contributed by atoms with Crippen LogP contribution in [0.15, 0.2) is 18.2 Å². The van der Waals surface area contributed by atoms with E-state index in [4.69, 9.17) is 0 Å². The zero-order chi connectivity index (χ0) is 15.6. The van der Waals surface area contributed by atoms with Gasteiger partial charge in [-0.3, -0.25) is 14.4 Å². The first-order chi connectivity index (χ1) is 9.92. The fraction of sp³-hybridized carbons (Fsp3) is 0.400. The third kappa shape index (κ3) is 3.21. The number of hydrogen-bond donors (Lipinski definition) is 1. The maximum atomic E-state index is 12.5. The third-order valence-electron chi connectivity index (χ3n) is 3.39. The summed E-state index contributed by atoms with van der Waals surface area (Å²) in [5, 5.41) is 2.72. The van der Waals surface area contributed by atoms with Crippen molar-refractivity contribution in [1.29, 1.82) is 0 Å². The van der Waals surface area contributed by atoms with Crippen molar-refractivity contribution in [2.75, 3.05) is 19.0 Å². The SMILES string of the molecule is COC(=O)CN(C(=O)c1ccc2c(c1)CC(=O)N2)C(C)C. The van der Waals surface area contributed by atoms with E-state index in [2.05, 4.69) is 10.1 Å². The highest BCUT2D eigenvalue weighted by molar-refractivity contribution is 6.02. The fourth-order valence-electron chi connectivity index (χ4n) is 2.22. The zero-order valence-electron chi connectivity index (χ0n) is 12.3. The standard InChI is InChI=1S/C15H18N2O4/c1-9(2)17(8-14(19)21-3)15(20)10-4-5-12-11(6-10)7-13(18)16-12/h4-6,9H,7-8H2,1-3H3,(H,16,18). The quantitative estimate of drug-likeness (QED) is 0.846. The highest BCUT2D eigenvalue weighted by atomic mass is 16.5. The normalized spacial score (nSPS) is 12.9. The molecule has 0 saturated carbocycles. The van der Waals surface area contributed by atoms with Gasteiger partial charge in [-0.25, -0.2) is 0 Å². The number of fused-ring (bicyclic) bond motifs is 1. The number of nitrogens with one attached hydrogen (secondary N) is 1. The van der Waals surface area contributed by atoms with Crippen molar-refractivity contribution in [3.63, 3.8) is 0 Å². The van der Waals surface area contributed by atoms with Crippen molar-refractivity contribution in [2.45, 2.75) is 26.3 Å². The van der Waals surface area contributed by atoms with Crippen LogP contribution in [0.25, 0.3) is 0 Å². The largest absolute Gasteiger partial charge is 0.468 e. The highest BCUT2D eigenvalue weighted by Gasteiger charge is 2.24. The number of anilines is 1. The second kappa shape index (κ2) is 5.95. The molecule has 0 spiro atoms. The smallest absolute Gasteiger partial charge is 0.325 e. The lowest BCUT2D eigenvalue weighted by molar-refractivity contribution is -0.141. The number of rotatable bonds is 4. The molecule has 1 aromatic rings. The van der Waals surface area contributed by atoms with Crippen LogP contribution in [0.2, 0.25) is 0 Å². The van der Waals surface area contributed by atoms with Crippen molar-refractivity contribution in [1.82, 2.24) is 4.90 Å². The Balaban J connectivity index is 2.23. The van der Waals surface area contributed by atoms with Gasteiger partial charge in [0.1, 0.15) is 6.54 Å². The first-order valence-electron chi connectivity index (χ1n) is 6.73. The number of methoxy groups -OCH3 is 1. The summed E-state index contributed by atoms with van der Waals surface area (Å²) in [7, 11) is 1.29. The monoisotopic (exact) mass is 290 g/mol. The number of benzene rings is 1. The summed E-state index contributed by atoms with van der Waals surface area (Å²) in [5.41, 5.74) is 2.00. The molecule has 6 heteroatoms. The van der Waals surface area contributed by atoms with Gasteiger partial charge in [-0.05, 0) is 37.6 Å². The maximum absolute atomic E-state index is 12.5. The lowest BCUT2D eigenvalue weighted by Crippen LogP contribution is -2.41. The summed E-state index contributed by atoms with van der Waals surface area (Å²) in [6.45, 7) is 3.57. The predicted octanol–water partition coefficient (Wildman–Crippen LogP) is 1.20. The van der Waals surface area contributed by atoms with Crippen LogP contribution in [0.3, 0.4) is 0 Å². The summed E-state index contributed by atoms with van der Waals surface area (Å²) >= 11 is 0. The summed E-state index contributed by atoms with van der Waals surface area (Å²) in [6.07, 6.45) is 0.273. The predicted molar refractivity (Wildman–Crippen MR) is 77.0 cm³/mol. The minimum absolute atomic E-state index is 0.0788. The van der Waals surface area contributed by atoms with E-state index >= 15 is 0 Å². The highest BCUT2D eigenvalue weighted by Crippen LogP contribution is 2.24. The van der Waals surface area contributed by atoms with E-state index in [1.165, 1.54) is 12.0 Å². The fourth-order valence-corrected chi connectivity index (χ4v) is 2.22. The number of hydrogen-bond acceptors (Lipinski definition) is 4. The molecule has 0 saturated heterocycles. The Bertz CT molecular complexity index is 595. The van der Waals surface area contributed by atoms with Crippen LogP contribution in [0.4, 0.5) is 5.69 Å². The van der Waals surface area contributed by atoms with E-state index in [-0.39, 0.29) is 30.8 Å². The van der Waals surface area contributed by atoms with E-state index in [1.807, 2.05) is 13.8 Å². The topological polar surface area (TPSA) is 75.7 Å². The van der Waals surface area contributed by atoms with Crippen molar-refractivity contribution in [3.05, 3.63) is 29.3 Å². The summed E-state index contributed by atoms with van der Waals surface area (Å²) in [4.78, 5) is 36.7. The first kappa shape index (κ1) is 15.0. The van der Waals surface area contributed by atoms with E-state index in [0.29, 0.717) is 5.56 Å². The molecule has 0 fully saturated rings. The number of carbonyl (C=O) groups is 3. The van der Waals surface area contributed by atoms with Crippen LogP contribution < -0.4 is 5.32 Å². The number of esters is 1. The number of carbonyl (C=O) groups excluding carboxylic acids is 3. The van der Waals surface area contributed by atoms with Crippen LogP contribution in [0.1, 0.15) is 29.8 Å². The van der Waals surface area contributed by atoms with Gasteiger partial charge in [-0.1, -0.05) is 0 Å². The van der Waals surface area contributed by atoms with Crippen LogP contribution in [0, 0.1) is 0 Å². The van der Waals surface area contributed by atoms with Crippen LogP contribution >= 0.6 is 0 Å². The molecule has 1 aliphatic heterocycles. The second-order valence-electron chi connectivity index (χ2n) is 5.20. The maximum Gasteiger partial charge on any atom is 0.325 e. The molecule has 1 aromatic carbocycles. The summed E-state index contributed by atoms with van der Waals surface area (Å²) in [6, 6.07) is 4.93. The molecule has 0 unspecified atom stereocenters. The minimum atomic E-state index is -0.463. The molecule has 6 nitrogen and oxygen atoms in total. The molecule has 1 N–H and O–H groups in total. The second-order valence-corrected chi connectivity index (χ2v) is 5.20. The van der Waals surface area contributed by atoms with Gasteiger partial charge in [-0.15, -0.1) is 0 Å². The Hall–Kier alpha value is -2.37. The Morgan fingerprint density at radius 2 is 2.10 bits per heavy atom. The van der Waals surface area contributed by atoms with E-state index in [0.717, 1.165) is 11.3 Å². The summed E-state index contributed by atoms with van der Waals surface area (Å²) in [5.74, 6) is -0.794. The van der Waals surface area contributed by atoms with E-state index in [1.54, 1.807) is 18.2 Å². The Morgan fingerprint density at radius 3 is 2.71 bits per heavy atom. The van der Waals surface area contributed by atoms with Crippen molar-refractivity contribution in [3.8, 4) is 0 Å². The molecular weight excluding hydrogens is 272 g/mol. The van der Waals surface area contributed by atoms with E-state index in [9.17, 15) is 14.4 Å². The van der Waals surface area contributed by atoms with Gasteiger partial charge < -0.3 is 15.0 Å². The molecule has 1 aliphatic rings. The number of amides is 2. The van der Waals surface area contributed by atoms with E-state index < -0.39 is 5.97 Å². The van der Waals surface area contributed by atoms with Gasteiger partial charge in [0.05, 0.1) is 13.5 Å². The molecule has 1 heterocycles. The Morgan fingerprint density at radius 1 is 1.38 bits per heavy atom. The summed E-state index contributed by atoms with van der Waals surface area (Å²) < 4.78 is 4.62. The lowest BCUT2D eigenvalue weighted by atomic mass is 10.1. The molecule has 0 radical (unpaired) electrons. The molecule has 2 amide bonds. The Labute approximate surface area is 123 Å². The van der Waals surface area contributed by atoms with Gasteiger partial charge in [0.15, 0.2) is 0 Å². The van der Waals surface area contributed by atoms with Crippen molar-refractivity contribution in [2.24, 2.45) is 0 Å². The number of ether oxygens (including phenoxy) is 1. The molecule has 21 heavy (non-hydrogen) atoms. The van der Waals surface area contributed by atoms with Gasteiger partial charge in [-0.2, -0.15) is 0 Å². The van der Waals surface area contributed by atoms with Crippen LogP contribution in [-0.4, -0.2) is 42.4 Å². The van der Waals surface area contributed by atoms with Gasteiger partial charge in [0, 0.05) is 17.3 Å². The van der Waals surface area contributed by atoms with Gasteiger partial charge in [0.25, 0.3) is 5.91 Å². The van der Waals surface area contributed by atoms with Gasteiger partial charge >= 0.3 is 5.97 Å². The first-order valence-corrected chi connectivity index (χ1v) is 6.73. The molecule has 0 aromatic heterocycles. The number of nitrogens with zero attached hydrogens (tertiary/aromatic N) is 1. The molecule has 2 rings (SSSR count). The average Bonchev–Trinajstić information content (AvgIpc) is 2.82. The molecule has 0 bridgehead atoms. The molecule has 0 aliphatic carbocycles. The van der Waals surface area contributed by atoms with Crippen LogP contribution in [0.5, 0.6) is 0 Å². The average molecular weight is 290 g/mol. The Kier molecular flexibility index (Phi) is 4.26. The zero-order valence-corrected chi connectivity index (χ0v) is 12.3. The van der Waals surface area contributed by atoms with Crippen LogP contribution in [-0.2, 0) is 20.7 Å². The molecule has 112 valence electrons. The minimum Gasteiger partial charge on any atom is -0.468 e. The molecular formula is C15H18N2O4. The van der Waals surface area contributed by atoms with Gasteiger partial charge in [0.2, 0.25) is 5.91 Å². The lowest BCUT2D eigenvalue weighted by Gasteiger charge is -2.25. The molecule has 0 atom stereocenters.